The molecule has 1 saturated heterocycles. The fourth-order valence-corrected chi connectivity index (χ4v) is 2.66. The van der Waals surface area contributed by atoms with E-state index in [1.54, 1.807) is 4.90 Å². The zero-order valence-electron chi connectivity index (χ0n) is 16.4. The van der Waals surface area contributed by atoms with Gasteiger partial charge in [-0.25, -0.2) is 4.79 Å². The molecule has 0 saturated carbocycles. The number of rotatable bonds is 5. The maximum atomic E-state index is 12.1. The number of carbonyl (C=O) groups excluding carboxylic acids is 1. The van der Waals surface area contributed by atoms with Crippen molar-refractivity contribution >= 4 is 6.09 Å². The van der Waals surface area contributed by atoms with E-state index < -0.39 is 11.2 Å². The van der Waals surface area contributed by atoms with Crippen molar-refractivity contribution in [1.29, 1.82) is 0 Å². The van der Waals surface area contributed by atoms with Gasteiger partial charge in [0, 0.05) is 25.7 Å². The molecule has 6 heteroatoms. The molecule has 24 heavy (non-hydrogen) atoms. The maximum Gasteiger partial charge on any atom is 0.410 e. The van der Waals surface area contributed by atoms with Gasteiger partial charge in [-0.3, -0.25) is 0 Å². The summed E-state index contributed by atoms with van der Waals surface area (Å²) in [6, 6.07) is -0.0538. The van der Waals surface area contributed by atoms with E-state index in [9.17, 15) is 9.90 Å². The molecule has 0 aliphatic carbocycles. The number of nitrogens with zero attached hydrogens (tertiary/aromatic N) is 1. The molecule has 0 aromatic carbocycles. The Morgan fingerprint density at radius 1 is 1.17 bits per heavy atom. The molecule has 142 valence electrons. The van der Waals surface area contributed by atoms with Crippen molar-refractivity contribution in [3.05, 3.63) is 0 Å². The van der Waals surface area contributed by atoms with Crippen LogP contribution in [0, 0.1) is 0 Å². The zero-order valence-corrected chi connectivity index (χ0v) is 16.4. The molecule has 0 aromatic rings. The first kappa shape index (κ1) is 21.2. The second-order valence-corrected chi connectivity index (χ2v) is 8.71. The average Bonchev–Trinajstić information content (AvgIpc) is 2.41. The summed E-state index contributed by atoms with van der Waals surface area (Å²) in [5.41, 5.74) is -1.45. The van der Waals surface area contributed by atoms with Crippen molar-refractivity contribution in [1.82, 2.24) is 10.2 Å². The largest absolute Gasteiger partial charge is 0.444 e. The Hall–Kier alpha value is -0.850. The van der Waals surface area contributed by atoms with E-state index in [1.165, 1.54) is 0 Å². The highest BCUT2D eigenvalue weighted by atomic mass is 16.6. The second kappa shape index (κ2) is 8.02. The first-order valence-corrected chi connectivity index (χ1v) is 8.90. The third-order valence-electron chi connectivity index (χ3n) is 4.17. The third kappa shape index (κ3) is 7.36. The highest BCUT2D eigenvalue weighted by Crippen LogP contribution is 2.26. The van der Waals surface area contributed by atoms with Gasteiger partial charge in [0.1, 0.15) is 5.60 Å². The zero-order chi connectivity index (χ0) is 18.6. The number of piperidine rings is 1. The fourth-order valence-electron chi connectivity index (χ4n) is 2.66. The molecule has 2 N–H and O–H groups in total. The lowest BCUT2D eigenvalue weighted by atomic mass is 9.85. The molecule has 1 amide bonds. The van der Waals surface area contributed by atoms with E-state index in [1.807, 2.05) is 48.5 Å². The highest BCUT2D eigenvalue weighted by molar-refractivity contribution is 5.68. The van der Waals surface area contributed by atoms with E-state index in [-0.39, 0.29) is 17.7 Å². The van der Waals surface area contributed by atoms with Crippen LogP contribution in [0.4, 0.5) is 4.79 Å². The number of hydrogen-bond acceptors (Lipinski definition) is 5. The van der Waals surface area contributed by atoms with Crippen LogP contribution in [-0.2, 0) is 9.47 Å². The molecule has 1 heterocycles. The van der Waals surface area contributed by atoms with Gasteiger partial charge in [-0.2, -0.15) is 0 Å². The summed E-state index contributed by atoms with van der Waals surface area (Å²) in [6.45, 7) is 15.9. The second-order valence-electron chi connectivity index (χ2n) is 8.71. The fraction of sp³-hybridized carbons (Fsp3) is 0.944. The molecule has 1 atom stereocenters. The quantitative estimate of drug-likeness (QED) is 0.750. The van der Waals surface area contributed by atoms with Gasteiger partial charge in [-0.1, -0.05) is 0 Å². The van der Waals surface area contributed by atoms with Crippen molar-refractivity contribution < 1.29 is 19.4 Å². The minimum absolute atomic E-state index is 0.0538. The van der Waals surface area contributed by atoms with Crippen LogP contribution >= 0.6 is 0 Å². The first-order chi connectivity index (χ1) is 10.8. The van der Waals surface area contributed by atoms with Gasteiger partial charge in [0.15, 0.2) is 0 Å². The monoisotopic (exact) mass is 344 g/mol. The molecule has 1 fully saturated rings. The summed E-state index contributed by atoms with van der Waals surface area (Å²) in [4.78, 5) is 13.8. The Bertz CT molecular complexity index is 404. The molecule has 0 spiro atoms. The van der Waals surface area contributed by atoms with Gasteiger partial charge in [0.05, 0.1) is 17.8 Å². The van der Waals surface area contributed by atoms with Crippen molar-refractivity contribution in [3.63, 3.8) is 0 Å². The Labute approximate surface area is 146 Å². The molecule has 1 aliphatic heterocycles. The number of aliphatic hydroxyl groups is 1. The van der Waals surface area contributed by atoms with E-state index in [2.05, 4.69) is 5.32 Å². The van der Waals surface area contributed by atoms with Gasteiger partial charge in [-0.05, 0) is 61.3 Å². The van der Waals surface area contributed by atoms with Crippen LogP contribution in [0.5, 0.6) is 0 Å². The van der Waals surface area contributed by atoms with Crippen molar-refractivity contribution in [3.8, 4) is 0 Å². The van der Waals surface area contributed by atoms with Gasteiger partial charge in [0.2, 0.25) is 0 Å². The summed E-state index contributed by atoms with van der Waals surface area (Å²) in [6.07, 6.45) is 0.782. The van der Waals surface area contributed by atoms with E-state index >= 15 is 0 Å². The lowest BCUT2D eigenvalue weighted by Crippen LogP contribution is -2.57. The SMILES string of the molecule is CC(NCCOC(C)(C)C)C1(O)CCN(C(=O)OC(C)(C)C)CC1. The molecule has 1 unspecified atom stereocenters. The summed E-state index contributed by atoms with van der Waals surface area (Å²) in [5.74, 6) is 0. The molecule has 1 aliphatic rings. The lowest BCUT2D eigenvalue weighted by Gasteiger charge is -2.42. The average molecular weight is 344 g/mol. The maximum absolute atomic E-state index is 12.1. The summed E-state index contributed by atoms with van der Waals surface area (Å²) >= 11 is 0. The van der Waals surface area contributed by atoms with Crippen LogP contribution < -0.4 is 5.32 Å². The predicted octanol–water partition coefficient (Wildman–Crippen LogP) is 2.54. The number of likely N-dealkylation sites (tertiary alicyclic amines) is 1. The molecular weight excluding hydrogens is 308 g/mol. The van der Waals surface area contributed by atoms with E-state index in [0.717, 1.165) is 0 Å². The summed E-state index contributed by atoms with van der Waals surface area (Å²) < 4.78 is 11.1. The predicted molar refractivity (Wildman–Crippen MR) is 95.2 cm³/mol. The van der Waals surface area contributed by atoms with Crippen LogP contribution in [0.25, 0.3) is 0 Å². The van der Waals surface area contributed by atoms with Crippen LogP contribution in [0.15, 0.2) is 0 Å². The van der Waals surface area contributed by atoms with Crippen LogP contribution in [0.2, 0.25) is 0 Å². The topological polar surface area (TPSA) is 71.0 Å². The molecule has 0 aromatic heterocycles. The van der Waals surface area contributed by atoms with Gasteiger partial charge in [-0.15, -0.1) is 0 Å². The van der Waals surface area contributed by atoms with E-state index in [0.29, 0.717) is 39.1 Å². The van der Waals surface area contributed by atoms with Gasteiger partial charge >= 0.3 is 6.09 Å². The van der Waals surface area contributed by atoms with Crippen molar-refractivity contribution in [2.75, 3.05) is 26.2 Å². The third-order valence-corrected chi connectivity index (χ3v) is 4.17. The molecule has 6 nitrogen and oxygen atoms in total. The van der Waals surface area contributed by atoms with Crippen molar-refractivity contribution in [2.24, 2.45) is 0 Å². The lowest BCUT2D eigenvalue weighted by molar-refractivity contribution is -0.0540. The summed E-state index contributed by atoms with van der Waals surface area (Å²) in [5, 5.41) is 14.2. The Balaban J connectivity index is 2.39. The van der Waals surface area contributed by atoms with Crippen LogP contribution in [0.1, 0.15) is 61.3 Å². The number of nitrogens with one attached hydrogen (secondary N) is 1. The number of amides is 1. The van der Waals surface area contributed by atoms with Gasteiger partial charge < -0.3 is 24.8 Å². The standard InChI is InChI=1S/C18H36N2O4/c1-14(19-10-13-23-16(2,3)4)18(22)8-11-20(12-9-18)15(21)24-17(5,6)7/h14,19,22H,8-13H2,1-7H3. The van der Waals surface area contributed by atoms with Crippen LogP contribution in [-0.4, -0.2) is 65.2 Å². The Morgan fingerprint density at radius 3 is 2.17 bits per heavy atom. The molecular formula is C18H36N2O4. The minimum atomic E-state index is -0.805. The Morgan fingerprint density at radius 2 is 1.71 bits per heavy atom. The highest BCUT2D eigenvalue weighted by Gasteiger charge is 2.39. The molecule has 1 rings (SSSR count). The number of carbonyl (C=O) groups is 1. The Kier molecular flexibility index (Phi) is 7.08. The molecule has 0 radical (unpaired) electrons. The van der Waals surface area contributed by atoms with Gasteiger partial charge in [0.25, 0.3) is 0 Å². The summed E-state index contributed by atoms with van der Waals surface area (Å²) in [7, 11) is 0. The number of ether oxygens (including phenoxy) is 2. The normalized spacial score (nSPS) is 19.9. The molecule has 0 bridgehead atoms. The minimum Gasteiger partial charge on any atom is -0.444 e. The van der Waals surface area contributed by atoms with Crippen LogP contribution in [0.3, 0.4) is 0 Å². The number of hydrogen-bond donors (Lipinski definition) is 2. The smallest absolute Gasteiger partial charge is 0.410 e. The first-order valence-electron chi connectivity index (χ1n) is 8.90. The van der Waals surface area contributed by atoms with Crippen molar-refractivity contribution in [2.45, 2.75) is 84.2 Å². The van der Waals surface area contributed by atoms with E-state index in [4.69, 9.17) is 9.47 Å².